The molecule has 110 valence electrons. The zero-order valence-corrected chi connectivity index (χ0v) is 11.7. The molecule has 1 aliphatic heterocycles. The Morgan fingerprint density at radius 1 is 1.30 bits per heavy atom. The third-order valence-electron chi connectivity index (χ3n) is 4.38. The molecule has 1 heterocycles. The number of anilines is 1. The van der Waals surface area contributed by atoms with Crippen LogP contribution in [0.4, 0.5) is 10.1 Å². The number of sulfonamides is 1. The number of aliphatic hydroxyl groups is 1. The lowest BCUT2D eigenvalue weighted by Crippen LogP contribution is -2.32. The van der Waals surface area contributed by atoms with Crippen LogP contribution in [-0.4, -0.2) is 37.0 Å². The van der Waals surface area contributed by atoms with E-state index in [4.69, 9.17) is 5.73 Å². The molecular weight excluding hydrogens is 283 g/mol. The van der Waals surface area contributed by atoms with Gasteiger partial charge in [0.05, 0.1) is 11.8 Å². The summed E-state index contributed by atoms with van der Waals surface area (Å²) in [6.07, 6.45) is 1.06. The summed E-state index contributed by atoms with van der Waals surface area (Å²) in [7, 11) is -3.94. The molecule has 3 unspecified atom stereocenters. The van der Waals surface area contributed by atoms with E-state index in [1.165, 1.54) is 16.4 Å². The molecule has 0 aromatic heterocycles. The normalized spacial score (nSPS) is 30.6. The summed E-state index contributed by atoms with van der Waals surface area (Å²) >= 11 is 0. The van der Waals surface area contributed by atoms with Crippen LogP contribution in [-0.2, 0) is 10.0 Å². The van der Waals surface area contributed by atoms with E-state index < -0.39 is 26.8 Å². The van der Waals surface area contributed by atoms with Crippen LogP contribution in [0.2, 0.25) is 0 Å². The summed E-state index contributed by atoms with van der Waals surface area (Å²) in [5.74, 6) is -0.715. The van der Waals surface area contributed by atoms with Crippen molar-refractivity contribution in [2.75, 3.05) is 18.8 Å². The summed E-state index contributed by atoms with van der Waals surface area (Å²) in [4.78, 5) is -0.450. The zero-order valence-electron chi connectivity index (χ0n) is 10.9. The fraction of sp³-hybridized carbons (Fsp3) is 0.538. The molecule has 20 heavy (non-hydrogen) atoms. The summed E-state index contributed by atoms with van der Waals surface area (Å²) in [6, 6.07) is 3.85. The maximum absolute atomic E-state index is 13.8. The van der Waals surface area contributed by atoms with Crippen LogP contribution in [0.25, 0.3) is 0 Å². The van der Waals surface area contributed by atoms with Gasteiger partial charge < -0.3 is 10.8 Å². The van der Waals surface area contributed by atoms with Gasteiger partial charge in [-0.2, -0.15) is 4.31 Å². The van der Waals surface area contributed by atoms with Crippen LogP contribution >= 0.6 is 0 Å². The first kappa shape index (κ1) is 13.8. The molecule has 7 heteroatoms. The van der Waals surface area contributed by atoms with Crippen molar-refractivity contribution < 1.29 is 17.9 Å². The average Bonchev–Trinajstić information content (AvgIpc) is 2.92. The predicted octanol–water partition coefficient (Wildman–Crippen LogP) is 0.799. The van der Waals surface area contributed by atoms with Crippen LogP contribution in [0.15, 0.2) is 23.1 Å². The SMILES string of the molecule is Nc1cccc(F)c1S(=O)(=O)N1CC2CCC(O)C2C1. The van der Waals surface area contributed by atoms with E-state index in [0.717, 1.165) is 12.5 Å². The maximum atomic E-state index is 13.8. The second kappa shape index (κ2) is 4.68. The first-order valence-electron chi connectivity index (χ1n) is 6.63. The Labute approximate surface area is 117 Å². The smallest absolute Gasteiger partial charge is 0.248 e. The van der Waals surface area contributed by atoms with Gasteiger partial charge in [0.2, 0.25) is 10.0 Å². The van der Waals surface area contributed by atoms with E-state index in [-0.39, 0.29) is 24.1 Å². The van der Waals surface area contributed by atoms with Crippen LogP contribution in [0.1, 0.15) is 12.8 Å². The summed E-state index contributed by atoms with van der Waals surface area (Å²) in [6.45, 7) is 0.569. The van der Waals surface area contributed by atoms with Crippen LogP contribution in [0, 0.1) is 17.7 Å². The van der Waals surface area contributed by atoms with Crippen molar-refractivity contribution in [3.63, 3.8) is 0 Å². The summed E-state index contributed by atoms with van der Waals surface area (Å²) < 4.78 is 40.2. The van der Waals surface area contributed by atoms with Gasteiger partial charge in [-0.05, 0) is 30.9 Å². The second-order valence-corrected chi connectivity index (χ2v) is 7.42. The summed E-state index contributed by atoms with van der Waals surface area (Å²) in [5, 5.41) is 9.84. The largest absolute Gasteiger partial charge is 0.398 e. The van der Waals surface area contributed by atoms with Crippen molar-refractivity contribution in [1.29, 1.82) is 0 Å². The van der Waals surface area contributed by atoms with Crippen molar-refractivity contribution >= 4 is 15.7 Å². The predicted molar refractivity (Wildman–Crippen MR) is 71.8 cm³/mol. The number of nitrogens with two attached hydrogens (primary N) is 1. The zero-order chi connectivity index (χ0) is 14.5. The molecule has 2 fully saturated rings. The minimum Gasteiger partial charge on any atom is -0.398 e. The number of hydrogen-bond donors (Lipinski definition) is 2. The average molecular weight is 300 g/mol. The minimum absolute atomic E-state index is 0.0437. The third-order valence-corrected chi connectivity index (χ3v) is 6.31. The number of rotatable bonds is 2. The Balaban J connectivity index is 1.94. The van der Waals surface area contributed by atoms with Crippen molar-refractivity contribution in [2.24, 2.45) is 11.8 Å². The molecule has 1 aliphatic carbocycles. The van der Waals surface area contributed by atoms with Gasteiger partial charge in [-0.15, -0.1) is 0 Å². The monoisotopic (exact) mass is 300 g/mol. The Morgan fingerprint density at radius 2 is 2.05 bits per heavy atom. The number of aliphatic hydroxyl groups excluding tert-OH is 1. The van der Waals surface area contributed by atoms with Gasteiger partial charge in [0.1, 0.15) is 10.7 Å². The van der Waals surface area contributed by atoms with Crippen molar-refractivity contribution in [2.45, 2.75) is 23.8 Å². The molecule has 0 radical (unpaired) electrons. The number of benzene rings is 1. The highest BCUT2D eigenvalue weighted by atomic mass is 32.2. The fourth-order valence-corrected chi connectivity index (χ4v) is 5.01. The number of hydrogen-bond acceptors (Lipinski definition) is 4. The van der Waals surface area contributed by atoms with Gasteiger partial charge >= 0.3 is 0 Å². The van der Waals surface area contributed by atoms with Gasteiger partial charge in [-0.3, -0.25) is 0 Å². The number of nitrogens with zero attached hydrogens (tertiary/aromatic N) is 1. The molecule has 1 aromatic rings. The molecule has 3 rings (SSSR count). The molecule has 0 amide bonds. The molecule has 2 aliphatic rings. The molecule has 1 aromatic carbocycles. The number of halogens is 1. The van der Waals surface area contributed by atoms with Gasteiger partial charge in [0, 0.05) is 19.0 Å². The summed E-state index contributed by atoms with van der Waals surface area (Å²) in [5.41, 5.74) is 5.54. The molecule has 0 bridgehead atoms. The molecule has 1 saturated heterocycles. The quantitative estimate of drug-likeness (QED) is 0.791. The van der Waals surface area contributed by atoms with Crippen molar-refractivity contribution in [1.82, 2.24) is 4.31 Å². The standard InChI is InChI=1S/C13H17FN2O3S/c14-10-2-1-3-11(15)13(10)20(18,19)16-6-8-4-5-12(17)9(8)7-16/h1-3,8-9,12,17H,4-7,15H2. The van der Waals surface area contributed by atoms with E-state index in [0.29, 0.717) is 13.0 Å². The van der Waals surface area contributed by atoms with E-state index in [9.17, 15) is 17.9 Å². The van der Waals surface area contributed by atoms with E-state index in [1.54, 1.807) is 0 Å². The Bertz CT molecular complexity index is 614. The van der Waals surface area contributed by atoms with Crippen LogP contribution in [0.5, 0.6) is 0 Å². The van der Waals surface area contributed by atoms with Crippen molar-refractivity contribution in [3.8, 4) is 0 Å². The highest BCUT2D eigenvalue weighted by Crippen LogP contribution is 2.40. The van der Waals surface area contributed by atoms with Gasteiger partial charge in [-0.25, -0.2) is 12.8 Å². The fourth-order valence-electron chi connectivity index (χ4n) is 3.32. The molecule has 5 nitrogen and oxygen atoms in total. The molecule has 1 saturated carbocycles. The van der Waals surface area contributed by atoms with Gasteiger partial charge in [0.25, 0.3) is 0 Å². The maximum Gasteiger partial charge on any atom is 0.248 e. The minimum atomic E-state index is -3.94. The lowest BCUT2D eigenvalue weighted by atomic mass is 10.00. The van der Waals surface area contributed by atoms with E-state index >= 15 is 0 Å². The highest BCUT2D eigenvalue weighted by molar-refractivity contribution is 7.89. The highest BCUT2D eigenvalue weighted by Gasteiger charge is 2.46. The van der Waals surface area contributed by atoms with Crippen molar-refractivity contribution in [3.05, 3.63) is 24.0 Å². The lowest BCUT2D eigenvalue weighted by molar-refractivity contribution is 0.129. The van der Waals surface area contributed by atoms with E-state index in [2.05, 4.69) is 0 Å². The van der Waals surface area contributed by atoms with Gasteiger partial charge in [0.15, 0.2) is 0 Å². The topological polar surface area (TPSA) is 83.6 Å². The first-order chi connectivity index (χ1) is 9.41. The molecular formula is C13H17FN2O3S. The molecule has 3 atom stereocenters. The van der Waals surface area contributed by atoms with E-state index in [1.807, 2.05) is 0 Å². The Hall–Kier alpha value is -1.18. The first-order valence-corrected chi connectivity index (χ1v) is 8.07. The van der Waals surface area contributed by atoms with Crippen LogP contribution in [0.3, 0.4) is 0 Å². The third kappa shape index (κ3) is 2.01. The second-order valence-electron chi connectivity index (χ2n) is 5.55. The number of fused-ring (bicyclic) bond motifs is 1. The number of nitrogen functional groups attached to an aromatic ring is 1. The van der Waals surface area contributed by atoms with Crippen LogP contribution < -0.4 is 5.73 Å². The Kier molecular flexibility index (Phi) is 3.23. The lowest BCUT2D eigenvalue weighted by Gasteiger charge is -2.19. The Morgan fingerprint density at radius 3 is 2.70 bits per heavy atom. The van der Waals surface area contributed by atoms with Gasteiger partial charge in [-0.1, -0.05) is 6.07 Å². The molecule has 0 spiro atoms. The molecule has 3 N–H and O–H groups in total.